The molecule has 0 saturated carbocycles. The largest absolute Gasteiger partial charge is 0.481 e. The van der Waals surface area contributed by atoms with Gasteiger partial charge in [0.2, 0.25) is 0 Å². The summed E-state index contributed by atoms with van der Waals surface area (Å²) >= 11 is 0. The van der Waals surface area contributed by atoms with Gasteiger partial charge in [-0.2, -0.15) is 0 Å². The lowest BCUT2D eigenvalue weighted by Gasteiger charge is -2.09. The van der Waals surface area contributed by atoms with Gasteiger partial charge in [0.1, 0.15) is 17.3 Å². The summed E-state index contributed by atoms with van der Waals surface area (Å²) in [5.41, 5.74) is 0.707. The van der Waals surface area contributed by atoms with Crippen LogP contribution in [0.3, 0.4) is 0 Å². The summed E-state index contributed by atoms with van der Waals surface area (Å²) in [7, 11) is 0. The summed E-state index contributed by atoms with van der Waals surface area (Å²) in [6, 6.07) is 12.5. The fourth-order valence-electron chi connectivity index (χ4n) is 1.61. The third kappa shape index (κ3) is 3.31. The van der Waals surface area contributed by atoms with Gasteiger partial charge in [-0.05, 0) is 48.9 Å². The molecule has 0 amide bonds. The Morgan fingerprint density at radius 2 is 1.53 bits per heavy atom. The minimum atomic E-state index is -0.868. The first-order valence-electron chi connectivity index (χ1n) is 5.82. The fourth-order valence-corrected chi connectivity index (χ4v) is 1.61. The minimum Gasteiger partial charge on any atom is -0.481 e. The van der Waals surface area contributed by atoms with Crippen LogP contribution in [0.1, 0.15) is 18.4 Å². The SMILES string of the molecule is CC(C(=O)O)c1ccc(Oc2ccc(F)cc2)cc1. The molecule has 0 aromatic heterocycles. The van der Waals surface area contributed by atoms with Gasteiger partial charge in [0, 0.05) is 0 Å². The lowest BCUT2D eigenvalue weighted by Crippen LogP contribution is -2.06. The maximum absolute atomic E-state index is 12.7. The molecule has 0 aliphatic rings. The van der Waals surface area contributed by atoms with Crippen LogP contribution in [0.2, 0.25) is 0 Å². The van der Waals surface area contributed by atoms with Crippen molar-refractivity contribution >= 4 is 5.97 Å². The van der Waals surface area contributed by atoms with Crippen LogP contribution < -0.4 is 4.74 Å². The van der Waals surface area contributed by atoms with Gasteiger partial charge >= 0.3 is 5.97 Å². The molecule has 4 heteroatoms. The molecule has 0 heterocycles. The molecule has 0 spiro atoms. The predicted octanol–water partition coefficient (Wildman–Crippen LogP) is 3.81. The smallest absolute Gasteiger partial charge is 0.310 e. The number of hydrogen-bond acceptors (Lipinski definition) is 2. The lowest BCUT2D eigenvalue weighted by molar-refractivity contribution is -0.138. The van der Waals surface area contributed by atoms with Crippen molar-refractivity contribution in [2.45, 2.75) is 12.8 Å². The molecule has 1 unspecified atom stereocenters. The van der Waals surface area contributed by atoms with Gasteiger partial charge in [-0.3, -0.25) is 4.79 Å². The Kier molecular flexibility index (Phi) is 3.80. The van der Waals surface area contributed by atoms with Crippen LogP contribution in [-0.4, -0.2) is 11.1 Å². The summed E-state index contributed by atoms with van der Waals surface area (Å²) < 4.78 is 18.2. The second-order valence-corrected chi connectivity index (χ2v) is 4.18. The van der Waals surface area contributed by atoms with Crippen molar-refractivity contribution in [3.8, 4) is 11.5 Å². The van der Waals surface area contributed by atoms with Crippen LogP contribution >= 0.6 is 0 Å². The monoisotopic (exact) mass is 260 g/mol. The Labute approximate surface area is 110 Å². The molecule has 0 aliphatic heterocycles. The number of carbonyl (C=O) groups is 1. The van der Waals surface area contributed by atoms with E-state index in [-0.39, 0.29) is 5.82 Å². The van der Waals surface area contributed by atoms with Crippen LogP contribution in [0.25, 0.3) is 0 Å². The zero-order valence-electron chi connectivity index (χ0n) is 10.3. The Morgan fingerprint density at radius 3 is 2.00 bits per heavy atom. The Bertz CT molecular complexity index is 561. The third-order valence-electron chi connectivity index (χ3n) is 2.80. The van der Waals surface area contributed by atoms with Gasteiger partial charge in [0.25, 0.3) is 0 Å². The summed E-state index contributed by atoms with van der Waals surface area (Å²) in [4.78, 5) is 10.8. The summed E-state index contributed by atoms with van der Waals surface area (Å²) in [6.45, 7) is 1.62. The van der Waals surface area contributed by atoms with Crippen molar-refractivity contribution in [3.63, 3.8) is 0 Å². The molecule has 1 atom stereocenters. The molecule has 0 bridgehead atoms. The van der Waals surface area contributed by atoms with Crippen molar-refractivity contribution in [2.24, 2.45) is 0 Å². The van der Waals surface area contributed by atoms with E-state index in [1.807, 2.05) is 0 Å². The first-order valence-corrected chi connectivity index (χ1v) is 5.82. The Morgan fingerprint density at radius 1 is 1.05 bits per heavy atom. The van der Waals surface area contributed by atoms with Crippen molar-refractivity contribution in [2.75, 3.05) is 0 Å². The highest BCUT2D eigenvalue weighted by Gasteiger charge is 2.13. The molecule has 0 aliphatic carbocycles. The number of aliphatic carboxylic acids is 1. The van der Waals surface area contributed by atoms with Gasteiger partial charge in [0.05, 0.1) is 5.92 Å². The molecule has 1 N–H and O–H groups in total. The summed E-state index contributed by atoms with van der Waals surface area (Å²) in [5.74, 6) is -0.640. The number of rotatable bonds is 4. The van der Waals surface area contributed by atoms with Crippen LogP contribution in [0.5, 0.6) is 11.5 Å². The van der Waals surface area contributed by atoms with E-state index in [2.05, 4.69) is 0 Å². The number of benzene rings is 2. The average Bonchev–Trinajstić information content (AvgIpc) is 2.41. The molecule has 3 nitrogen and oxygen atoms in total. The van der Waals surface area contributed by atoms with E-state index < -0.39 is 11.9 Å². The van der Waals surface area contributed by atoms with E-state index in [1.54, 1.807) is 31.2 Å². The van der Waals surface area contributed by atoms with Gasteiger partial charge < -0.3 is 9.84 Å². The lowest BCUT2D eigenvalue weighted by atomic mass is 10.0. The van der Waals surface area contributed by atoms with Crippen LogP contribution in [0, 0.1) is 5.82 Å². The van der Waals surface area contributed by atoms with E-state index in [0.717, 1.165) is 0 Å². The number of hydrogen-bond donors (Lipinski definition) is 1. The third-order valence-corrected chi connectivity index (χ3v) is 2.80. The van der Waals surface area contributed by atoms with Gasteiger partial charge in [-0.25, -0.2) is 4.39 Å². The highest BCUT2D eigenvalue weighted by atomic mass is 19.1. The second-order valence-electron chi connectivity index (χ2n) is 4.18. The molecule has 2 rings (SSSR count). The topological polar surface area (TPSA) is 46.5 Å². The summed E-state index contributed by atoms with van der Waals surface area (Å²) in [5, 5.41) is 8.90. The van der Waals surface area contributed by atoms with Crippen LogP contribution in [0.15, 0.2) is 48.5 Å². The van der Waals surface area contributed by atoms with Crippen LogP contribution in [0.4, 0.5) is 4.39 Å². The van der Waals surface area contributed by atoms with E-state index >= 15 is 0 Å². The van der Waals surface area contributed by atoms with Crippen molar-refractivity contribution < 1.29 is 19.0 Å². The number of carboxylic acid groups (broad SMARTS) is 1. The summed E-state index contributed by atoms with van der Waals surface area (Å²) in [6.07, 6.45) is 0. The molecule has 0 radical (unpaired) electrons. The quantitative estimate of drug-likeness (QED) is 0.909. The molecule has 0 saturated heterocycles. The molecule has 2 aromatic rings. The average molecular weight is 260 g/mol. The first kappa shape index (κ1) is 13.1. The van der Waals surface area contributed by atoms with Gasteiger partial charge in [0.15, 0.2) is 0 Å². The van der Waals surface area contributed by atoms with E-state index in [4.69, 9.17) is 9.84 Å². The Hall–Kier alpha value is -2.36. The highest BCUT2D eigenvalue weighted by Crippen LogP contribution is 2.24. The van der Waals surface area contributed by atoms with Crippen molar-refractivity contribution in [3.05, 3.63) is 59.9 Å². The highest BCUT2D eigenvalue weighted by molar-refractivity contribution is 5.75. The van der Waals surface area contributed by atoms with E-state index in [1.165, 1.54) is 24.3 Å². The molecular weight excluding hydrogens is 247 g/mol. The fraction of sp³-hybridized carbons (Fsp3) is 0.133. The van der Waals surface area contributed by atoms with E-state index in [0.29, 0.717) is 17.1 Å². The standard InChI is InChI=1S/C15H13FO3/c1-10(15(17)18)11-2-6-13(7-3-11)19-14-8-4-12(16)5-9-14/h2-10H,1H3,(H,17,18). The Balaban J connectivity index is 2.10. The van der Waals surface area contributed by atoms with Crippen molar-refractivity contribution in [1.29, 1.82) is 0 Å². The molecular formula is C15H13FO3. The van der Waals surface area contributed by atoms with Crippen molar-refractivity contribution in [1.82, 2.24) is 0 Å². The number of halogens is 1. The molecule has 19 heavy (non-hydrogen) atoms. The first-order chi connectivity index (χ1) is 9.06. The second kappa shape index (κ2) is 5.52. The zero-order valence-corrected chi connectivity index (χ0v) is 10.3. The predicted molar refractivity (Wildman–Crippen MR) is 69.0 cm³/mol. The maximum Gasteiger partial charge on any atom is 0.310 e. The zero-order chi connectivity index (χ0) is 13.8. The maximum atomic E-state index is 12.7. The molecule has 2 aromatic carbocycles. The molecule has 98 valence electrons. The van der Waals surface area contributed by atoms with E-state index in [9.17, 15) is 9.18 Å². The normalized spacial score (nSPS) is 11.9. The number of carboxylic acids is 1. The number of ether oxygens (including phenoxy) is 1. The van der Waals surface area contributed by atoms with Gasteiger partial charge in [-0.1, -0.05) is 12.1 Å². The van der Waals surface area contributed by atoms with Gasteiger partial charge in [-0.15, -0.1) is 0 Å². The minimum absolute atomic E-state index is 0.321. The molecule has 0 fully saturated rings. The van der Waals surface area contributed by atoms with Crippen LogP contribution in [-0.2, 0) is 4.79 Å².